The topological polar surface area (TPSA) is 43.4 Å². The van der Waals surface area contributed by atoms with Gasteiger partial charge in [-0.25, -0.2) is 0 Å². The molecule has 0 bridgehead atoms. The minimum absolute atomic E-state index is 0.141. The average Bonchev–Trinajstić information content (AvgIpc) is 2.73. The summed E-state index contributed by atoms with van der Waals surface area (Å²) in [5.74, 6) is 3.53. The van der Waals surface area contributed by atoms with Gasteiger partial charge in [0.2, 0.25) is 0 Å². The third-order valence-electron chi connectivity index (χ3n) is 8.26. The predicted molar refractivity (Wildman–Crippen MR) is 113 cm³/mol. The largest absolute Gasteiger partial charge is 0.465 e. The van der Waals surface area contributed by atoms with Gasteiger partial charge in [0, 0.05) is 6.42 Å². The Morgan fingerprint density at radius 2 is 1.36 bits per heavy atom. The molecule has 3 rings (SSSR count). The predicted octanol–water partition coefficient (Wildman–Crippen LogP) is 6.34. The fourth-order valence-corrected chi connectivity index (χ4v) is 6.47. The van der Waals surface area contributed by atoms with Gasteiger partial charge < -0.3 is 4.74 Å². The maximum absolute atomic E-state index is 12.5. The summed E-state index contributed by atoms with van der Waals surface area (Å²) in [5, 5.41) is 0. The van der Waals surface area contributed by atoms with Gasteiger partial charge in [0.1, 0.15) is 11.7 Å². The molecule has 0 amide bonds. The van der Waals surface area contributed by atoms with Crippen LogP contribution in [0.3, 0.4) is 0 Å². The first-order chi connectivity index (χ1) is 13.6. The maximum Gasteiger partial charge on any atom is 0.316 e. The van der Waals surface area contributed by atoms with Crippen LogP contribution in [-0.4, -0.2) is 18.4 Å². The number of hydrogen-bond acceptors (Lipinski definition) is 3. The second-order valence-corrected chi connectivity index (χ2v) is 9.91. The summed E-state index contributed by atoms with van der Waals surface area (Å²) in [4.78, 5) is 24.4. The molecular formula is C25H42O3. The molecule has 0 aromatic rings. The van der Waals surface area contributed by atoms with Crippen LogP contribution in [0.1, 0.15) is 104 Å². The summed E-state index contributed by atoms with van der Waals surface area (Å²) in [6.07, 6.45) is 17.8. The lowest BCUT2D eigenvalue weighted by Crippen LogP contribution is -2.36. The van der Waals surface area contributed by atoms with Crippen LogP contribution in [0.4, 0.5) is 0 Å². The van der Waals surface area contributed by atoms with Crippen molar-refractivity contribution in [1.29, 1.82) is 0 Å². The first-order valence-corrected chi connectivity index (χ1v) is 12.3. The highest BCUT2D eigenvalue weighted by atomic mass is 16.5. The first kappa shape index (κ1) is 21.8. The lowest BCUT2D eigenvalue weighted by Gasteiger charge is -2.41. The Morgan fingerprint density at radius 3 is 1.89 bits per heavy atom. The molecule has 0 aromatic heterocycles. The highest BCUT2D eigenvalue weighted by molar-refractivity contribution is 5.99. The number of Topliss-reactive ketones (excluding diaryl/α,β-unsaturated/α-hetero) is 1. The Bertz CT molecular complexity index is 498. The molecule has 2 unspecified atom stereocenters. The zero-order chi connectivity index (χ0) is 19.9. The van der Waals surface area contributed by atoms with Gasteiger partial charge >= 0.3 is 5.97 Å². The third kappa shape index (κ3) is 5.60. The van der Waals surface area contributed by atoms with Crippen LogP contribution in [-0.2, 0) is 14.3 Å². The average molecular weight is 391 g/mol. The summed E-state index contributed by atoms with van der Waals surface area (Å²) in [7, 11) is 0. The number of ether oxygens (including phenoxy) is 1. The zero-order valence-electron chi connectivity index (χ0n) is 18.3. The van der Waals surface area contributed by atoms with Crippen LogP contribution in [0.25, 0.3) is 0 Å². The van der Waals surface area contributed by atoms with Gasteiger partial charge in [0.05, 0.1) is 6.61 Å². The van der Waals surface area contributed by atoms with Crippen molar-refractivity contribution in [2.24, 2.45) is 35.5 Å². The quantitative estimate of drug-likeness (QED) is 0.376. The smallest absolute Gasteiger partial charge is 0.316 e. The molecule has 0 radical (unpaired) electrons. The molecule has 28 heavy (non-hydrogen) atoms. The minimum atomic E-state index is -0.476. The van der Waals surface area contributed by atoms with E-state index in [0.29, 0.717) is 31.3 Å². The Kier molecular flexibility index (Phi) is 8.41. The Labute approximate surface area is 172 Å². The number of carbonyl (C=O) groups excluding carboxylic acids is 2. The summed E-state index contributed by atoms with van der Waals surface area (Å²) in [6, 6.07) is 0. The van der Waals surface area contributed by atoms with Crippen LogP contribution < -0.4 is 0 Å². The molecule has 0 saturated heterocycles. The molecular weight excluding hydrogens is 348 g/mol. The highest BCUT2D eigenvalue weighted by Crippen LogP contribution is 2.45. The second-order valence-electron chi connectivity index (χ2n) is 9.91. The SMILES string of the molecule is CCCC[C@H]1CC[C@H]([C@H]2CC[C@H](C3CCC(C(=O)OCC)C(=O)C3)CC2)CC1. The van der Waals surface area contributed by atoms with E-state index >= 15 is 0 Å². The molecule has 3 heteroatoms. The van der Waals surface area contributed by atoms with E-state index in [2.05, 4.69) is 6.92 Å². The molecule has 3 aliphatic rings. The number of esters is 1. The van der Waals surface area contributed by atoms with Gasteiger partial charge in [-0.2, -0.15) is 0 Å². The lowest BCUT2D eigenvalue weighted by atomic mass is 9.64. The molecule has 0 aliphatic heterocycles. The van der Waals surface area contributed by atoms with Crippen LogP contribution in [0, 0.1) is 35.5 Å². The van der Waals surface area contributed by atoms with E-state index in [0.717, 1.165) is 24.2 Å². The van der Waals surface area contributed by atoms with Crippen LogP contribution in [0.15, 0.2) is 0 Å². The van der Waals surface area contributed by atoms with Gasteiger partial charge in [0.25, 0.3) is 0 Å². The number of rotatable bonds is 7. The zero-order valence-corrected chi connectivity index (χ0v) is 18.3. The summed E-state index contributed by atoms with van der Waals surface area (Å²) >= 11 is 0. The second kappa shape index (κ2) is 10.8. The normalized spacial score (nSPS) is 36.9. The van der Waals surface area contributed by atoms with Crippen molar-refractivity contribution < 1.29 is 14.3 Å². The van der Waals surface area contributed by atoms with Crippen molar-refractivity contribution in [3.8, 4) is 0 Å². The van der Waals surface area contributed by atoms with Crippen LogP contribution in [0.2, 0.25) is 0 Å². The molecule has 0 heterocycles. The van der Waals surface area contributed by atoms with E-state index in [4.69, 9.17) is 4.74 Å². The molecule has 0 N–H and O–H groups in total. The molecule has 3 nitrogen and oxygen atoms in total. The van der Waals surface area contributed by atoms with Crippen molar-refractivity contribution >= 4 is 11.8 Å². The van der Waals surface area contributed by atoms with Gasteiger partial charge in [-0.15, -0.1) is 0 Å². The van der Waals surface area contributed by atoms with Crippen LogP contribution in [0.5, 0.6) is 0 Å². The first-order valence-electron chi connectivity index (χ1n) is 12.3. The number of ketones is 1. The fourth-order valence-electron chi connectivity index (χ4n) is 6.47. The standard InChI is InChI=1S/C25H42O3/c1-3-5-6-18-7-9-19(10-8-18)20-11-13-21(14-12-20)22-15-16-23(24(26)17-22)25(27)28-4-2/h18-23H,3-17H2,1-2H3/t18-,19-,20-,21-,22?,23?. The molecule has 0 aromatic carbocycles. The van der Waals surface area contributed by atoms with E-state index in [1.165, 1.54) is 70.6 Å². The molecule has 3 fully saturated rings. The number of carbonyl (C=O) groups is 2. The molecule has 3 aliphatic carbocycles. The third-order valence-corrected chi connectivity index (χ3v) is 8.26. The van der Waals surface area contributed by atoms with Gasteiger partial charge in [-0.1, -0.05) is 39.0 Å². The monoisotopic (exact) mass is 390 g/mol. The molecule has 2 atom stereocenters. The Hall–Kier alpha value is -0.860. The molecule has 0 spiro atoms. The van der Waals surface area contributed by atoms with E-state index in [-0.39, 0.29) is 11.8 Å². The Balaban J connectivity index is 1.39. The van der Waals surface area contributed by atoms with Crippen molar-refractivity contribution in [3.63, 3.8) is 0 Å². The van der Waals surface area contributed by atoms with Crippen molar-refractivity contribution in [3.05, 3.63) is 0 Å². The number of unbranched alkanes of at least 4 members (excludes halogenated alkanes) is 1. The fraction of sp³-hybridized carbons (Fsp3) is 0.920. The lowest BCUT2D eigenvalue weighted by molar-refractivity contribution is -0.153. The van der Waals surface area contributed by atoms with E-state index in [1.807, 2.05) is 6.92 Å². The minimum Gasteiger partial charge on any atom is -0.465 e. The maximum atomic E-state index is 12.5. The van der Waals surface area contributed by atoms with Gasteiger partial charge in [-0.3, -0.25) is 9.59 Å². The van der Waals surface area contributed by atoms with Gasteiger partial charge in [0.15, 0.2) is 0 Å². The molecule has 3 saturated carbocycles. The highest BCUT2D eigenvalue weighted by Gasteiger charge is 2.39. The summed E-state index contributed by atoms with van der Waals surface area (Å²) in [5.41, 5.74) is 0. The number of hydrogen-bond donors (Lipinski definition) is 0. The van der Waals surface area contributed by atoms with Crippen molar-refractivity contribution in [2.45, 2.75) is 104 Å². The summed E-state index contributed by atoms with van der Waals surface area (Å²) in [6.45, 7) is 4.49. The van der Waals surface area contributed by atoms with Crippen LogP contribution >= 0.6 is 0 Å². The van der Waals surface area contributed by atoms with E-state index < -0.39 is 5.92 Å². The van der Waals surface area contributed by atoms with Crippen molar-refractivity contribution in [2.75, 3.05) is 6.61 Å². The van der Waals surface area contributed by atoms with E-state index in [1.54, 1.807) is 0 Å². The van der Waals surface area contributed by atoms with Crippen molar-refractivity contribution in [1.82, 2.24) is 0 Å². The summed E-state index contributed by atoms with van der Waals surface area (Å²) < 4.78 is 5.08. The molecule has 160 valence electrons. The van der Waals surface area contributed by atoms with E-state index in [9.17, 15) is 9.59 Å². The Morgan fingerprint density at radius 1 is 0.821 bits per heavy atom. The van der Waals surface area contributed by atoms with Gasteiger partial charge in [-0.05, 0) is 87.9 Å².